The van der Waals surface area contributed by atoms with E-state index in [1.165, 1.54) is 30.4 Å². The van der Waals surface area contributed by atoms with Crippen molar-refractivity contribution in [3.63, 3.8) is 0 Å². The van der Waals surface area contributed by atoms with Crippen LogP contribution in [0.3, 0.4) is 0 Å². The molecule has 0 aromatic heterocycles. The topological polar surface area (TPSA) is 21.3 Å². The number of rotatable bonds is 5. The number of hydrogen-bond donors (Lipinski definition) is 1. The van der Waals surface area contributed by atoms with Gasteiger partial charge in [0.15, 0.2) is 0 Å². The highest BCUT2D eigenvalue weighted by molar-refractivity contribution is 5.23. The van der Waals surface area contributed by atoms with Crippen molar-refractivity contribution in [2.75, 3.05) is 13.7 Å². The van der Waals surface area contributed by atoms with Crippen molar-refractivity contribution in [2.45, 2.75) is 44.8 Å². The molecule has 1 fully saturated rings. The molecule has 2 rings (SSSR count). The van der Waals surface area contributed by atoms with Gasteiger partial charge in [-0.1, -0.05) is 29.8 Å². The molecule has 2 heteroatoms. The van der Waals surface area contributed by atoms with E-state index in [1.807, 2.05) is 7.11 Å². The van der Waals surface area contributed by atoms with Gasteiger partial charge in [0.1, 0.15) is 0 Å². The van der Waals surface area contributed by atoms with E-state index >= 15 is 0 Å². The second kappa shape index (κ2) is 5.19. The summed E-state index contributed by atoms with van der Waals surface area (Å²) in [6.07, 6.45) is 3.68. The van der Waals surface area contributed by atoms with Gasteiger partial charge >= 0.3 is 0 Å². The average molecular weight is 233 g/mol. The minimum absolute atomic E-state index is 0.110. The van der Waals surface area contributed by atoms with Crippen LogP contribution in [-0.4, -0.2) is 19.3 Å². The Bertz CT molecular complexity index is 348. The summed E-state index contributed by atoms with van der Waals surface area (Å²) in [5, 5.41) is 3.59. The number of methoxy groups -OCH3 is 1. The normalized spacial score (nSPS) is 19.7. The van der Waals surface area contributed by atoms with Gasteiger partial charge in [-0.15, -0.1) is 0 Å². The SMILES string of the molecule is COC1(CNC(C)c2ccc(C)cc2)CCC1. The van der Waals surface area contributed by atoms with Crippen molar-refractivity contribution >= 4 is 0 Å². The first kappa shape index (κ1) is 12.6. The predicted octanol–water partition coefficient (Wildman–Crippen LogP) is 3.21. The van der Waals surface area contributed by atoms with Crippen molar-refractivity contribution in [1.29, 1.82) is 0 Å². The molecular formula is C15H23NO. The van der Waals surface area contributed by atoms with Crippen LogP contribution < -0.4 is 5.32 Å². The first-order valence-electron chi connectivity index (χ1n) is 6.50. The maximum atomic E-state index is 5.62. The van der Waals surface area contributed by atoms with Crippen LogP contribution in [0.15, 0.2) is 24.3 Å². The summed E-state index contributed by atoms with van der Waals surface area (Å²) in [7, 11) is 1.83. The van der Waals surface area contributed by atoms with Crippen LogP contribution in [0.5, 0.6) is 0 Å². The third-order valence-electron chi connectivity index (χ3n) is 4.01. The lowest BCUT2D eigenvalue weighted by Gasteiger charge is -2.41. The monoisotopic (exact) mass is 233 g/mol. The van der Waals surface area contributed by atoms with Gasteiger partial charge in [0, 0.05) is 19.7 Å². The molecule has 1 atom stereocenters. The second-order valence-electron chi connectivity index (χ2n) is 5.25. The summed E-state index contributed by atoms with van der Waals surface area (Å²) in [6, 6.07) is 9.13. The third kappa shape index (κ3) is 2.88. The maximum absolute atomic E-state index is 5.62. The molecule has 17 heavy (non-hydrogen) atoms. The minimum Gasteiger partial charge on any atom is -0.377 e. The Morgan fingerprint density at radius 2 is 1.94 bits per heavy atom. The largest absolute Gasteiger partial charge is 0.377 e. The maximum Gasteiger partial charge on any atom is 0.0802 e. The fraction of sp³-hybridized carbons (Fsp3) is 0.600. The third-order valence-corrected chi connectivity index (χ3v) is 4.01. The number of aryl methyl sites for hydroxylation is 1. The summed E-state index contributed by atoms with van der Waals surface area (Å²) in [4.78, 5) is 0. The van der Waals surface area contributed by atoms with Crippen LogP contribution in [0.25, 0.3) is 0 Å². The van der Waals surface area contributed by atoms with Crippen molar-refractivity contribution < 1.29 is 4.74 Å². The van der Waals surface area contributed by atoms with Crippen molar-refractivity contribution in [3.8, 4) is 0 Å². The highest BCUT2D eigenvalue weighted by Crippen LogP contribution is 2.34. The number of hydrogen-bond acceptors (Lipinski definition) is 2. The molecule has 1 saturated carbocycles. The quantitative estimate of drug-likeness (QED) is 0.843. The zero-order valence-corrected chi connectivity index (χ0v) is 11.1. The van der Waals surface area contributed by atoms with Gasteiger partial charge in [-0.2, -0.15) is 0 Å². The van der Waals surface area contributed by atoms with Crippen molar-refractivity contribution in [3.05, 3.63) is 35.4 Å². The minimum atomic E-state index is 0.110. The first-order chi connectivity index (χ1) is 8.15. The van der Waals surface area contributed by atoms with E-state index in [-0.39, 0.29) is 5.60 Å². The molecule has 1 aromatic carbocycles. The number of ether oxygens (including phenoxy) is 1. The summed E-state index contributed by atoms with van der Waals surface area (Å²) < 4.78 is 5.62. The first-order valence-corrected chi connectivity index (χ1v) is 6.50. The Morgan fingerprint density at radius 1 is 1.29 bits per heavy atom. The summed E-state index contributed by atoms with van der Waals surface area (Å²) >= 11 is 0. The van der Waals surface area contributed by atoms with E-state index < -0.39 is 0 Å². The Kier molecular flexibility index (Phi) is 3.85. The number of benzene rings is 1. The highest BCUT2D eigenvalue weighted by Gasteiger charge is 2.36. The Labute approximate surface area is 104 Å². The van der Waals surface area contributed by atoms with E-state index in [4.69, 9.17) is 4.74 Å². The van der Waals surface area contributed by atoms with Gasteiger partial charge in [-0.25, -0.2) is 0 Å². The summed E-state index contributed by atoms with van der Waals surface area (Å²) in [5.74, 6) is 0. The van der Waals surface area contributed by atoms with Gasteiger partial charge in [0.25, 0.3) is 0 Å². The Morgan fingerprint density at radius 3 is 2.41 bits per heavy atom. The molecule has 2 nitrogen and oxygen atoms in total. The van der Waals surface area contributed by atoms with Crippen LogP contribution in [0.4, 0.5) is 0 Å². The predicted molar refractivity (Wildman–Crippen MR) is 71.2 cm³/mol. The smallest absolute Gasteiger partial charge is 0.0802 e. The molecule has 1 N–H and O–H groups in total. The zero-order chi connectivity index (χ0) is 12.3. The Balaban J connectivity index is 1.88. The fourth-order valence-electron chi connectivity index (χ4n) is 2.34. The average Bonchev–Trinajstić information content (AvgIpc) is 2.29. The molecule has 1 aromatic rings. The standard InChI is InChI=1S/C15H23NO/c1-12-5-7-14(8-6-12)13(2)16-11-15(17-3)9-4-10-15/h5-8,13,16H,4,9-11H2,1-3H3. The molecule has 0 spiro atoms. The summed E-state index contributed by atoms with van der Waals surface area (Å²) in [5.41, 5.74) is 2.77. The van der Waals surface area contributed by atoms with Crippen LogP contribution in [0.2, 0.25) is 0 Å². The van der Waals surface area contributed by atoms with Gasteiger partial charge in [-0.05, 0) is 38.7 Å². The lowest BCUT2D eigenvalue weighted by atomic mass is 9.80. The highest BCUT2D eigenvalue weighted by atomic mass is 16.5. The molecule has 0 radical (unpaired) electrons. The molecule has 0 saturated heterocycles. The fourth-order valence-corrected chi connectivity index (χ4v) is 2.34. The van der Waals surface area contributed by atoms with E-state index in [9.17, 15) is 0 Å². The molecule has 0 amide bonds. The van der Waals surface area contributed by atoms with Crippen LogP contribution in [0, 0.1) is 6.92 Å². The zero-order valence-electron chi connectivity index (χ0n) is 11.1. The van der Waals surface area contributed by atoms with E-state index in [0.29, 0.717) is 6.04 Å². The summed E-state index contributed by atoms with van der Waals surface area (Å²) in [6.45, 7) is 5.29. The molecular weight excluding hydrogens is 210 g/mol. The number of nitrogens with one attached hydrogen (secondary N) is 1. The molecule has 0 bridgehead atoms. The molecule has 0 aliphatic heterocycles. The molecule has 94 valence electrons. The van der Waals surface area contributed by atoms with Gasteiger partial charge in [0.05, 0.1) is 5.60 Å². The van der Waals surface area contributed by atoms with Crippen LogP contribution in [0.1, 0.15) is 43.4 Å². The second-order valence-corrected chi connectivity index (χ2v) is 5.25. The lowest BCUT2D eigenvalue weighted by Crippen LogP contribution is -2.48. The van der Waals surface area contributed by atoms with Gasteiger partial charge in [-0.3, -0.25) is 0 Å². The molecule has 0 heterocycles. The van der Waals surface area contributed by atoms with E-state index in [1.54, 1.807) is 0 Å². The Hall–Kier alpha value is -0.860. The van der Waals surface area contributed by atoms with Crippen molar-refractivity contribution in [1.82, 2.24) is 5.32 Å². The van der Waals surface area contributed by atoms with Crippen LogP contribution >= 0.6 is 0 Å². The van der Waals surface area contributed by atoms with Crippen molar-refractivity contribution in [2.24, 2.45) is 0 Å². The van der Waals surface area contributed by atoms with Crippen LogP contribution in [-0.2, 0) is 4.74 Å². The molecule has 1 aliphatic carbocycles. The lowest BCUT2D eigenvalue weighted by molar-refractivity contribution is -0.0706. The molecule has 1 unspecified atom stereocenters. The van der Waals surface area contributed by atoms with E-state index in [2.05, 4.69) is 43.4 Å². The van der Waals surface area contributed by atoms with Gasteiger partial charge < -0.3 is 10.1 Å². The van der Waals surface area contributed by atoms with Gasteiger partial charge in [0.2, 0.25) is 0 Å². The molecule has 1 aliphatic rings. The van der Waals surface area contributed by atoms with E-state index in [0.717, 1.165) is 6.54 Å².